The molecule has 1 aliphatic heterocycles. The van der Waals surface area contributed by atoms with Crippen LogP contribution in [0.3, 0.4) is 0 Å². The lowest BCUT2D eigenvalue weighted by Gasteiger charge is -2.14. The number of ketones is 1. The third-order valence-corrected chi connectivity index (χ3v) is 5.32. The summed E-state index contributed by atoms with van der Waals surface area (Å²) in [5.74, 6) is 0.172. The molecular weight excluding hydrogens is 443 g/mol. The molecule has 1 heterocycles. The molecule has 0 fully saturated rings. The summed E-state index contributed by atoms with van der Waals surface area (Å²) < 4.78 is 40.9. The molecule has 0 saturated heterocycles. The monoisotopic (exact) mass is 464 g/mol. The van der Waals surface area contributed by atoms with Crippen LogP contribution in [0.5, 0.6) is 28.7 Å². The highest BCUT2D eigenvalue weighted by molar-refractivity contribution is 6.15. The highest BCUT2D eigenvalue weighted by Gasteiger charge is 2.31. The van der Waals surface area contributed by atoms with Crippen molar-refractivity contribution in [3.05, 3.63) is 82.4 Å². The zero-order chi connectivity index (χ0) is 24.4. The van der Waals surface area contributed by atoms with Crippen molar-refractivity contribution < 1.29 is 37.7 Å². The van der Waals surface area contributed by atoms with E-state index in [1.165, 1.54) is 51.7 Å². The second-order valence-corrected chi connectivity index (χ2v) is 7.33. The molecule has 0 spiro atoms. The fourth-order valence-corrected chi connectivity index (χ4v) is 3.63. The van der Waals surface area contributed by atoms with Gasteiger partial charge in [-0.1, -0.05) is 6.07 Å². The Morgan fingerprint density at radius 2 is 1.68 bits per heavy atom. The number of rotatable bonds is 6. The highest BCUT2D eigenvalue weighted by atomic mass is 19.1. The maximum absolute atomic E-state index is 13.4. The number of benzene rings is 3. The smallest absolute Gasteiger partial charge is 0.343 e. The number of carbonyl (C=O) groups is 2. The first-order valence-electron chi connectivity index (χ1n) is 10.2. The number of methoxy groups -OCH3 is 3. The van der Waals surface area contributed by atoms with E-state index in [2.05, 4.69) is 0 Å². The largest absolute Gasteiger partial charge is 0.493 e. The molecule has 0 bridgehead atoms. The van der Waals surface area contributed by atoms with E-state index in [9.17, 15) is 14.0 Å². The minimum Gasteiger partial charge on any atom is -0.493 e. The number of allylic oxidation sites excluding steroid dienone is 1. The molecule has 0 atom stereocenters. The second kappa shape index (κ2) is 9.27. The van der Waals surface area contributed by atoms with Crippen LogP contribution in [0.15, 0.2) is 54.3 Å². The van der Waals surface area contributed by atoms with E-state index < -0.39 is 11.8 Å². The summed E-state index contributed by atoms with van der Waals surface area (Å²) >= 11 is 0. The van der Waals surface area contributed by atoms with Gasteiger partial charge < -0.3 is 23.7 Å². The van der Waals surface area contributed by atoms with Crippen LogP contribution < -0.4 is 23.7 Å². The predicted molar refractivity (Wildman–Crippen MR) is 122 cm³/mol. The van der Waals surface area contributed by atoms with Crippen LogP contribution in [0.4, 0.5) is 4.39 Å². The van der Waals surface area contributed by atoms with Gasteiger partial charge in [-0.25, -0.2) is 9.18 Å². The number of esters is 1. The molecule has 3 aromatic carbocycles. The van der Waals surface area contributed by atoms with Gasteiger partial charge in [0.1, 0.15) is 17.3 Å². The van der Waals surface area contributed by atoms with Crippen molar-refractivity contribution in [3.63, 3.8) is 0 Å². The Bertz CT molecular complexity index is 1330. The topological polar surface area (TPSA) is 80.3 Å². The normalized spacial score (nSPS) is 13.3. The summed E-state index contributed by atoms with van der Waals surface area (Å²) in [5.41, 5.74) is 1.40. The molecule has 0 unspecified atom stereocenters. The van der Waals surface area contributed by atoms with Crippen molar-refractivity contribution in [2.75, 3.05) is 21.3 Å². The predicted octanol–water partition coefficient (Wildman–Crippen LogP) is 5.00. The maximum Gasteiger partial charge on any atom is 0.343 e. The van der Waals surface area contributed by atoms with Crippen LogP contribution in [-0.2, 0) is 0 Å². The molecule has 0 amide bonds. The molecule has 7 nitrogen and oxygen atoms in total. The van der Waals surface area contributed by atoms with Gasteiger partial charge in [0.05, 0.1) is 32.5 Å². The Kier molecular flexibility index (Phi) is 6.23. The Hall–Kier alpha value is -4.33. The van der Waals surface area contributed by atoms with Gasteiger partial charge >= 0.3 is 5.97 Å². The second-order valence-electron chi connectivity index (χ2n) is 7.33. The summed E-state index contributed by atoms with van der Waals surface area (Å²) in [5, 5.41) is 0. The average molecular weight is 464 g/mol. The summed E-state index contributed by atoms with van der Waals surface area (Å²) in [4.78, 5) is 25.4. The third-order valence-electron chi connectivity index (χ3n) is 5.32. The third kappa shape index (κ3) is 4.05. The van der Waals surface area contributed by atoms with Crippen molar-refractivity contribution in [2.24, 2.45) is 0 Å². The number of fused-ring (bicyclic) bond motifs is 1. The summed E-state index contributed by atoms with van der Waals surface area (Å²) in [6, 6.07) is 11.6. The van der Waals surface area contributed by atoms with Gasteiger partial charge in [-0.3, -0.25) is 4.79 Å². The van der Waals surface area contributed by atoms with E-state index in [0.717, 1.165) is 6.07 Å². The lowest BCUT2D eigenvalue weighted by atomic mass is 10.1. The zero-order valence-corrected chi connectivity index (χ0v) is 18.9. The quantitative estimate of drug-likeness (QED) is 0.289. The summed E-state index contributed by atoms with van der Waals surface area (Å²) in [6.07, 6.45) is 1.54. The lowest BCUT2D eigenvalue weighted by Crippen LogP contribution is -2.09. The van der Waals surface area contributed by atoms with E-state index in [0.29, 0.717) is 33.9 Å². The van der Waals surface area contributed by atoms with Gasteiger partial charge in [0, 0.05) is 11.1 Å². The fraction of sp³-hybridized carbons (Fsp3) is 0.154. The number of hydrogen-bond acceptors (Lipinski definition) is 7. The Morgan fingerprint density at radius 1 is 0.941 bits per heavy atom. The molecule has 0 aliphatic carbocycles. The van der Waals surface area contributed by atoms with Crippen LogP contribution in [-0.4, -0.2) is 33.1 Å². The van der Waals surface area contributed by atoms with Gasteiger partial charge in [-0.2, -0.15) is 0 Å². The van der Waals surface area contributed by atoms with Gasteiger partial charge in [0.2, 0.25) is 11.5 Å². The van der Waals surface area contributed by atoms with E-state index in [1.807, 2.05) is 0 Å². The van der Waals surface area contributed by atoms with E-state index in [4.69, 9.17) is 23.7 Å². The van der Waals surface area contributed by atoms with Crippen molar-refractivity contribution >= 4 is 17.8 Å². The number of halogens is 1. The van der Waals surface area contributed by atoms with Gasteiger partial charge in [-0.05, 0) is 55.5 Å². The number of Topliss-reactive ketones (excluding diaryl/α,β-unsaturated/α-hetero) is 1. The summed E-state index contributed by atoms with van der Waals surface area (Å²) in [7, 11) is 4.48. The van der Waals surface area contributed by atoms with Crippen molar-refractivity contribution in [1.29, 1.82) is 0 Å². The number of hydrogen-bond donors (Lipinski definition) is 0. The molecule has 3 aromatic rings. The van der Waals surface area contributed by atoms with Crippen molar-refractivity contribution in [3.8, 4) is 28.7 Å². The Labute approximate surface area is 195 Å². The molecule has 174 valence electrons. The number of ether oxygens (including phenoxy) is 5. The van der Waals surface area contributed by atoms with Crippen LogP contribution in [0.1, 0.15) is 31.8 Å². The van der Waals surface area contributed by atoms with Crippen LogP contribution in [0, 0.1) is 12.7 Å². The van der Waals surface area contributed by atoms with E-state index in [-0.39, 0.29) is 28.6 Å². The molecule has 1 aliphatic rings. The van der Waals surface area contributed by atoms with Gasteiger partial charge in [-0.15, -0.1) is 0 Å². The first-order chi connectivity index (χ1) is 16.4. The first-order valence-corrected chi connectivity index (χ1v) is 10.2. The van der Waals surface area contributed by atoms with Gasteiger partial charge in [0.15, 0.2) is 17.3 Å². The maximum atomic E-state index is 13.4. The van der Waals surface area contributed by atoms with E-state index >= 15 is 0 Å². The van der Waals surface area contributed by atoms with Crippen LogP contribution in [0.25, 0.3) is 6.08 Å². The molecule has 0 N–H and O–H groups in total. The first kappa shape index (κ1) is 22.8. The van der Waals surface area contributed by atoms with Crippen LogP contribution in [0.2, 0.25) is 0 Å². The van der Waals surface area contributed by atoms with E-state index in [1.54, 1.807) is 25.1 Å². The molecule has 0 aromatic heterocycles. The van der Waals surface area contributed by atoms with Crippen molar-refractivity contribution in [1.82, 2.24) is 0 Å². The minimum absolute atomic E-state index is 0.0669. The average Bonchev–Trinajstić information content (AvgIpc) is 3.16. The Morgan fingerprint density at radius 3 is 2.35 bits per heavy atom. The molecule has 8 heteroatoms. The fourth-order valence-electron chi connectivity index (χ4n) is 3.63. The van der Waals surface area contributed by atoms with Gasteiger partial charge in [0.25, 0.3) is 0 Å². The molecule has 0 saturated carbocycles. The zero-order valence-electron chi connectivity index (χ0n) is 18.9. The minimum atomic E-state index is -0.724. The standard InChI is InChI=1S/C26H21FO7/c1-14-19(34-26(29)16-6-5-7-17(27)12-16)11-9-18-22(28)21(33-23(14)18)13-15-8-10-20(30-2)25(32-4)24(15)31-3/h5-13H,1-4H3/b21-13-. The molecule has 34 heavy (non-hydrogen) atoms. The SMILES string of the molecule is COc1ccc(/C=C2\Oc3c(ccc(OC(=O)c4cccc(F)c4)c3C)C2=O)c(OC)c1OC. The molecule has 4 rings (SSSR count). The Balaban J connectivity index is 1.66. The van der Waals surface area contributed by atoms with Crippen LogP contribution >= 0.6 is 0 Å². The lowest BCUT2D eigenvalue weighted by molar-refractivity contribution is 0.0732. The van der Waals surface area contributed by atoms with Crippen molar-refractivity contribution in [2.45, 2.75) is 6.92 Å². The number of carbonyl (C=O) groups excluding carboxylic acids is 2. The summed E-state index contributed by atoms with van der Waals surface area (Å²) in [6.45, 7) is 1.67. The highest BCUT2D eigenvalue weighted by Crippen LogP contribution is 2.43. The molecular formula is C26H21FO7. The molecule has 0 radical (unpaired) electrons.